The van der Waals surface area contributed by atoms with Gasteiger partial charge in [0.25, 0.3) is 0 Å². The van der Waals surface area contributed by atoms with Crippen LogP contribution in [0.3, 0.4) is 0 Å². The minimum absolute atomic E-state index is 0.172. The number of nitrogens with one attached hydrogen (secondary N) is 1. The van der Waals surface area contributed by atoms with Crippen LogP contribution in [0.2, 0.25) is 0 Å². The Morgan fingerprint density at radius 1 is 1.45 bits per heavy atom. The third-order valence-electron chi connectivity index (χ3n) is 4.19. The number of likely N-dealkylation sites (tertiary alicyclic amines) is 1. The summed E-state index contributed by atoms with van der Waals surface area (Å²) in [5.74, 6) is 0. The fourth-order valence-corrected chi connectivity index (χ4v) is 3.53. The number of hydrogen-bond acceptors (Lipinski definition) is 3. The second-order valence-electron chi connectivity index (χ2n) is 5.55. The van der Waals surface area contributed by atoms with E-state index in [1.54, 1.807) is 18.2 Å². The number of sulfonamides is 1. The summed E-state index contributed by atoms with van der Waals surface area (Å²) >= 11 is 0. The van der Waals surface area contributed by atoms with Crippen LogP contribution in [0.5, 0.6) is 0 Å². The van der Waals surface area contributed by atoms with Crippen molar-refractivity contribution in [2.45, 2.75) is 30.2 Å². The lowest BCUT2D eigenvalue weighted by Gasteiger charge is -2.18. The number of rotatable bonds is 3. The summed E-state index contributed by atoms with van der Waals surface area (Å²) in [6.45, 7) is 1.13. The van der Waals surface area contributed by atoms with Gasteiger partial charge in [-0.25, -0.2) is 13.6 Å². The van der Waals surface area contributed by atoms with Crippen LogP contribution in [-0.2, 0) is 16.4 Å². The Hall–Kier alpha value is -1.37. The number of hydrogen-bond donors (Lipinski definition) is 2. The van der Waals surface area contributed by atoms with E-state index in [-0.39, 0.29) is 4.90 Å². The Labute approximate surface area is 118 Å². The lowest BCUT2D eigenvalue weighted by Crippen LogP contribution is -2.26. The molecular formula is C14H19N3O2S. The number of likely N-dealkylation sites (N-methyl/N-ethyl adjacent to an activating group) is 1. The number of nitrogens with two attached hydrogens (primary N) is 1. The summed E-state index contributed by atoms with van der Waals surface area (Å²) in [6.07, 6.45) is 5.33. The molecule has 108 valence electrons. The zero-order valence-electron chi connectivity index (χ0n) is 11.5. The van der Waals surface area contributed by atoms with Gasteiger partial charge in [-0.3, -0.25) is 0 Å². The fraction of sp³-hybridized carbons (Fsp3) is 0.429. The number of aromatic amines is 1. The summed E-state index contributed by atoms with van der Waals surface area (Å²) in [7, 11) is -1.51. The van der Waals surface area contributed by atoms with Crippen LogP contribution in [0.4, 0.5) is 0 Å². The van der Waals surface area contributed by atoms with Gasteiger partial charge in [-0.15, -0.1) is 0 Å². The van der Waals surface area contributed by atoms with E-state index >= 15 is 0 Å². The molecule has 1 saturated heterocycles. The first-order chi connectivity index (χ1) is 9.45. The molecule has 0 saturated carbocycles. The molecule has 2 heterocycles. The summed E-state index contributed by atoms with van der Waals surface area (Å²) in [5, 5.41) is 6.16. The Morgan fingerprint density at radius 2 is 2.25 bits per heavy atom. The van der Waals surface area contributed by atoms with Crippen LogP contribution in [0.15, 0.2) is 29.3 Å². The molecule has 1 aromatic carbocycles. The van der Waals surface area contributed by atoms with Crippen LogP contribution < -0.4 is 5.14 Å². The van der Waals surface area contributed by atoms with Crippen molar-refractivity contribution in [2.24, 2.45) is 5.14 Å². The van der Waals surface area contributed by atoms with E-state index in [0.29, 0.717) is 6.04 Å². The van der Waals surface area contributed by atoms with Gasteiger partial charge in [-0.1, -0.05) is 0 Å². The SMILES string of the molecule is CN1CCC[C@@H]1Cc1c[nH]c2ccc(S(N)(=O)=O)cc12. The van der Waals surface area contributed by atoms with Crippen molar-refractivity contribution < 1.29 is 8.42 Å². The summed E-state index contributed by atoms with van der Waals surface area (Å²) in [4.78, 5) is 5.74. The van der Waals surface area contributed by atoms with Gasteiger partial charge in [0.05, 0.1) is 4.90 Å². The molecule has 1 atom stereocenters. The first-order valence-electron chi connectivity index (χ1n) is 6.78. The van der Waals surface area contributed by atoms with E-state index in [9.17, 15) is 8.42 Å². The first kappa shape index (κ1) is 13.6. The maximum absolute atomic E-state index is 11.5. The zero-order chi connectivity index (χ0) is 14.3. The minimum Gasteiger partial charge on any atom is -0.361 e. The Morgan fingerprint density at radius 3 is 2.90 bits per heavy atom. The molecule has 3 rings (SSSR count). The minimum atomic E-state index is -3.65. The molecule has 20 heavy (non-hydrogen) atoms. The highest BCUT2D eigenvalue weighted by molar-refractivity contribution is 7.89. The number of H-pyrrole nitrogens is 1. The van der Waals surface area contributed by atoms with Crippen molar-refractivity contribution in [1.29, 1.82) is 0 Å². The van der Waals surface area contributed by atoms with Gasteiger partial charge in [0.1, 0.15) is 0 Å². The van der Waals surface area contributed by atoms with Crippen molar-refractivity contribution in [3.63, 3.8) is 0 Å². The topological polar surface area (TPSA) is 79.2 Å². The van der Waals surface area contributed by atoms with E-state index in [4.69, 9.17) is 5.14 Å². The van der Waals surface area contributed by atoms with Gasteiger partial charge in [-0.05, 0) is 56.6 Å². The number of aromatic nitrogens is 1. The lowest BCUT2D eigenvalue weighted by molar-refractivity contribution is 0.310. The van der Waals surface area contributed by atoms with Crippen molar-refractivity contribution in [3.8, 4) is 0 Å². The number of benzene rings is 1. The molecule has 0 radical (unpaired) electrons. The van der Waals surface area contributed by atoms with Crippen LogP contribution in [0, 0.1) is 0 Å². The van der Waals surface area contributed by atoms with Crippen LogP contribution >= 0.6 is 0 Å². The molecule has 0 unspecified atom stereocenters. The summed E-state index contributed by atoms with van der Waals surface area (Å²) < 4.78 is 22.9. The maximum atomic E-state index is 11.5. The Balaban J connectivity index is 1.99. The second kappa shape index (κ2) is 4.87. The van der Waals surface area contributed by atoms with Crippen molar-refractivity contribution >= 4 is 20.9 Å². The highest BCUT2D eigenvalue weighted by Crippen LogP contribution is 2.26. The highest BCUT2D eigenvalue weighted by Gasteiger charge is 2.22. The van der Waals surface area contributed by atoms with Crippen molar-refractivity contribution in [2.75, 3.05) is 13.6 Å². The molecule has 1 aliphatic heterocycles. The van der Waals surface area contributed by atoms with Gasteiger partial charge in [-0.2, -0.15) is 0 Å². The molecule has 3 N–H and O–H groups in total. The summed E-state index contributed by atoms with van der Waals surface area (Å²) in [5.41, 5.74) is 2.11. The van der Waals surface area contributed by atoms with Crippen LogP contribution in [0.25, 0.3) is 10.9 Å². The number of fused-ring (bicyclic) bond motifs is 1. The molecular weight excluding hydrogens is 274 g/mol. The normalized spacial score (nSPS) is 20.8. The average molecular weight is 293 g/mol. The quantitative estimate of drug-likeness (QED) is 0.899. The molecule has 5 nitrogen and oxygen atoms in total. The van der Waals surface area contributed by atoms with E-state index in [1.165, 1.54) is 12.8 Å². The number of nitrogens with zero attached hydrogens (tertiary/aromatic N) is 1. The van der Waals surface area contributed by atoms with E-state index in [2.05, 4.69) is 16.9 Å². The first-order valence-corrected chi connectivity index (χ1v) is 8.33. The van der Waals surface area contributed by atoms with Gasteiger partial charge < -0.3 is 9.88 Å². The number of primary sulfonamides is 1. The molecule has 0 bridgehead atoms. The molecule has 1 fully saturated rings. The van der Waals surface area contributed by atoms with Gasteiger partial charge in [0.2, 0.25) is 10.0 Å². The molecule has 0 spiro atoms. The maximum Gasteiger partial charge on any atom is 0.238 e. The third kappa shape index (κ3) is 2.46. The average Bonchev–Trinajstić information content (AvgIpc) is 2.96. The monoisotopic (exact) mass is 293 g/mol. The second-order valence-corrected chi connectivity index (χ2v) is 7.11. The van der Waals surface area contributed by atoms with Gasteiger partial charge in [0.15, 0.2) is 0 Å². The lowest BCUT2D eigenvalue weighted by atomic mass is 10.0. The van der Waals surface area contributed by atoms with Crippen molar-refractivity contribution in [3.05, 3.63) is 30.0 Å². The standard InChI is InChI=1S/C14H19N3O2S/c1-17-6-2-3-11(17)7-10-9-16-14-5-4-12(8-13(10)14)20(15,18)19/h4-5,8-9,11,16H,2-3,6-7H2,1H3,(H2,15,18,19)/t11-/m1/s1. The smallest absolute Gasteiger partial charge is 0.238 e. The van der Waals surface area contributed by atoms with E-state index < -0.39 is 10.0 Å². The molecule has 1 aromatic heterocycles. The molecule has 6 heteroatoms. The van der Waals surface area contributed by atoms with Gasteiger partial charge >= 0.3 is 0 Å². The molecule has 0 amide bonds. The third-order valence-corrected chi connectivity index (χ3v) is 5.11. The zero-order valence-corrected chi connectivity index (χ0v) is 12.3. The highest BCUT2D eigenvalue weighted by atomic mass is 32.2. The molecule has 0 aliphatic carbocycles. The van der Waals surface area contributed by atoms with E-state index in [1.807, 2.05) is 6.20 Å². The predicted molar refractivity (Wildman–Crippen MR) is 79.0 cm³/mol. The molecule has 1 aliphatic rings. The Kier molecular flexibility index (Phi) is 3.32. The fourth-order valence-electron chi connectivity index (χ4n) is 2.99. The van der Waals surface area contributed by atoms with Crippen LogP contribution in [-0.4, -0.2) is 37.9 Å². The Bertz CT molecular complexity index is 736. The van der Waals surface area contributed by atoms with Gasteiger partial charge in [0, 0.05) is 23.1 Å². The van der Waals surface area contributed by atoms with Crippen molar-refractivity contribution in [1.82, 2.24) is 9.88 Å². The van der Waals surface area contributed by atoms with Crippen LogP contribution in [0.1, 0.15) is 18.4 Å². The largest absolute Gasteiger partial charge is 0.361 e. The summed E-state index contributed by atoms with van der Waals surface area (Å²) in [6, 6.07) is 5.52. The molecule has 2 aromatic rings. The predicted octanol–water partition coefficient (Wildman–Crippen LogP) is 1.45. The van der Waals surface area contributed by atoms with E-state index in [0.717, 1.165) is 29.4 Å².